The average Bonchev–Trinajstić information content (AvgIpc) is 3.29. The van der Waals surface area contributed by atoms with Crippen LogP contribution in [0.15, 0.2) is 66.9 Å². The molecular weight excluding hydrogens is 508 g/mol. The molecule has 0 aliphatic carbocycles. The molecule has 2 heterocycles. The Morgan fingerprint density at radius 2 is 1.81 bits per heavy atom. The minimum atomic E-state index is -0.613. The smallest absolute Gasteiger partial charge is 0.271 e. The second-order valence-corrected chi connectivity index (χ2v) is 8.33. The molecule has 0 aliphatic rings. The quantitative estimate of drug-likeness (QED) is 0.314. The summed E-state index contributed by atoms with van der Waals surface area (Å²) in [7, 11) is 1.53. The molecule has 2 aromatic carbocycles. The van der Waals surface area contributed by atoms with E-state index in [0.717, 1.165) is 0 Å². The number of hydrogen-bond acceptors (Lipinski definition) is 5. The van der Waals surface area contributed by atoms with E-state index in [1.54, 1.807) is 24.3 Å². The van der Waals surface area contributed by atoms with Gasteiger partial charge in [0.2, 0.25) is 0 Å². The van der Waals surface area contributed by atoms with E-state index in [1.165, 1.54) is 48.3 Å². The van der Waals surface area contributed by atoms with Crippen LogP contribution < -0.4 is 10.6 Å². The lowest BCUT2D eigenvalue weighted by Gasteiger charge is -2.12. The molecule has 184 valence electrons. The summed E-state index contributed by atoms with van der Waals surface area (Å²) in [5.41, 5.74) is 0.926. The third-order valence-electron chi connectivity index (χ3n) is 5.09. The number of aromatic nitrogens is 3. The maximum Gasteiger partial charge on any atom is 0.271 e. The van der Waals surface area contributed by atoms with E-state index in [1.807, 2.05) is 6.07 Å². The minimum absolute atomic E-state index is 0.0161. The number of anilines is 1. The maximum absolute atomic E-state index is 14.4. The van der Waals surface area contributed by atoms with Crippen LogP contribution in [0.1, 0.15) is 20.8 Å². The Morgan fingerprint density at radius 1 is 1.03 bits per heavy atom. The Morgan fingerprint density at radius 3 is 2.53 bits per heavy atom. The molecule has 0 unspecified atom stereocenters. The SMILES string of the molecule is COCCNC(=O)c1cc(NC(=O)c2cc(-c3ncccc3F)c(Cl)cc2Cl)n(-c2ccccc2)n1. The summed E-state index contributed by atoms with van der Waals surface area (Å²) >= 11 is 12.6. The minimum Gasteiger partial charge on any atom is -0.383 e. The first-order valence-electron chi connectivity index (χ1n) is 10.7. The predicted molar refractivity (Wildman–Crippen MR) is 135 cm³/mol. The Labute approximate surface area is 216 Å². The molecular formula is C25H20Cl2FN5O3. The van der Waals surface area contributed by atoms with E-state index < -0.39 is 17.6 Å². The van der Waals surface area contributed by atoms with Crippen LogP contribution in [0.25, 0.3) is 16.9 Å². The van der Waals surface area contributed by atoms with Crippen LogP contribution in [0, 0.1) is 5.82 Å². The normalized spacial score (nSPS) is 10.8. The van der Waals surface area contributed by atoms with Gasteiger partial charge in [-0.05, 0) is 36.4 Å². The molecule has 0 fully saturated rings. The number of carbonyl (C=O) groups is 2. The fraction of sp³-hybridized carbons (Fsp3) is 0.120. The van der Waals surface area contributed by atoms with Gasteiger partial charge in [-0.2, -0.15) is 5.10 Å². The number of rotatable bonds is 8. The first-order chi connectivity index (χ1) is 17.4. The Bertz CT molecular complexity index is 1410. The maximum atomic E-state index is 14.4. The first-order valence-corrected chi connectivity index (χ1v) is 11.5. The van der Waals surface area contributed by atoms with E-state index in [9.17, 15) is 14.0 Å². The number of nitrogens with zero attached hydrogens (tertiary/aromatic N) is 3. The molecule has 11 heteroatoms. The molecule has 2 aromatic heterocycles. The monoisotopic (exact) mass is 527 g/mol. The van der Waals surface area contributed by atoms with Gasteiger partial charge in [0.15, 0.2) is 5.69 Å². The Hall–Kier alpha value is -3.79. The highest BCUT2D eigenvalue weighted by atomic mass is 35.5. The van der Waals surface area contributed by atoms with Gasteiger partial charge >= 0.3 is 0 Å². The summed E-state index contributed by atoms with van der Waals surface area (Å²) in [4.78, 5) is 29.9. The summed E-state index contributed by atoms with van der Waals surface area (Å²) in [6.45, 7) is 0.630. The molecule has 4 aromatic rings. The summed E-state index contributed by atoms with van der Waals surface area (Å²) in [6, 6.07) is 15.8. The molecule has 36 heavy (non-hydrogen) atoms. The van der Waals surface area contributed by atoms with Crippen molar-refractivity contribution >= 4 is 40.8 Å². The van der Waals surface area contributed by atoms with Gasteiger partial charge < -0.3 is 15.4 Å². The average molecular weight is 528 g/mol. The molecule has 0 saturated carbocycles. The zero-order valence-corrected chi connectivity index (χ0v) is 20.5. The van der Waals surface area contributed by atoms with Crippen molar-refractivity contribution in [2.24, 2.45) is 0 Å². The third kappa shape index (κ3) is 5.54. The Balaban J connectivity index is 1.69. The van der Waals surface area contributed by atoms with Crippen molar-refractivity contribution in [3.05, 3.63) is 94.0 Å². The van der Waals surface area contributed by atoms with Gasteiger partial charge in [-0.3, -0.25) is 14.6 Å². The molecule has 2 amide bonds. The van der Waals surface area contributed by atoms with Crippen LogP contribution in [0.4, 0.5) is 10.2 Å². The van der Waals surface area contributed by atoms with Crippen LogP contribution >= 0.6 is 23.2 Å². The summed E-state index contributed by atoms with van der Waals surface area (Å²) < 4.78 is 20.7. The van der Waals surface area contributed by atoms with E-state index >= 15 is 0 Å². The largest absolute Gasteiger partial charge is 0.383 e. The topological polar surface area (TPSA) is 98.1 Å². The molecule has 0 saturated heterocycles. The number of pyridine rings is 1. The number of carbonyl (C=O) groups excluding carboxylic acids is 2. The van der Waals surface area contributed by atoms with Crippen LogP contribution in [0.2, 0.25) is 10.0 Å². The number of ether oxygens (including phenoxy) is 1. The molecule has 0 atom stereocenters. The van der Waals surface area contributed by atoms with Crippen LogP contribution in [0.3, 0.4) is 0 Å². The number of benzene rings is 2. The predicted octanol–water partition coefficient (Wildman–Crippen LogP) is 5.01. The molecule has 2 N–H and O–H groups in total. The van der Waals surface area contributed by atoms with Crippen LogP contribution in [-0.2, 0) is 4.74 Å². The third-order valence-corrected chi connectivity index (χ3v) is 5.72. The first kappa shape index (κ1) is 25.3. The van der Waals surface area contributed by atoms with Crippen molar-refractivity contribution < 1.29 is 18.7 Å². The number of halogens is 3. The zero-order chi connectivity index (χ0) is 25.7. The van der Waals surface area contributed by atoms with Gasteiger partial charge in [-0.25, -0.2) is 9.07 Å². The summed E-state index contributed by atoms with van der Waals surface area (Å²) in [5.74, 6) is -1.42. The molecule has 8 nitrogen and oxygen atoms in total. The van der Waals surface area contributed by atoms with E-state index in [2.05, 4.69) is 20.7 Å². The van der Waals surface area contributed by atoms with Gasteiger partial charge in [0.05, 0.1) is 27.9 Å². The fourth-order valence-corrected chi connectivity index (χ4v) is 3.93. The molecule has 0 aliphatic heterocycles. The summed E-state index contributed by atoms with van der Waals surface area (Å²) in [5, 5.41) is 9.98. The molecule has 4 rings (SSSR count). The second kappa shape index (κ2) is 11.3. The highest BCUT2D eigenvalue weighted by molar-refractivity contribution is 6.38. The highest BCUT2D eigenvalue weighted by Gasteiger charge is 2.21. The molecule has 0 bridgehead atoms. The lowest BCUT2D eigenvalue weighted by atomic mass is 10.1. The van der Waals surface area contributed by atoms with Gasteiger partial charge in [-0.1, -0.05) is 41.4 Å². The lowest BCUT2D eigenvalue weighted by molar-refractivity contribution is 0.0931. The Kier molecular flexibility index (Phi) is 7.94. The van der Waals surface area contributed by atoms with Gasteiger partial charge in [-0.15, -0.1) is 0 Å². The van der Waals surface area contributed by atoms with Crippen LogP contribution in [-0.4, -0.2) is 46.8 Å². The van der Waals surface area contributed by atoms with Gasteiger partial charge in [0.25, 0.3) is 11.8 Å². The van der Waals surface area contributed by atoms with Crippen molar-refractivity contribution in [2.45, 2.75) is 0 Å². The van der Waals surface area contributed by atoms with Crippen LogP contribution in [0.5, 0.6) is 0 Å². The van der Waals surface area contributed by atoms with Crippen molar-refractivity contribution in [2.75, 3.05) is 25.6 Å². The number of amides is 2. The number of methoxy groups -OCH3 is 1. The second-order valence-electron chi connectivity index (χ2n) is 7.51. The number of para-hydroxylation sites is 1. The fourth-order valence-electron chi connectivity index (χ4n) is 3.38. The van der Waals surface area contributed by atoms with E-state index in [0.29, 0.717) is 18.8 Å². The van der Waals surface area contributed by atoms with Crippen molar-refractivity contribution in [3.63, 3.8) is 0 Å². The van der Waals surface area contributed by atoms with E-state index in [-0.39, 0.29) is 38.4 Å². The molecule has 0 spiro atoms. The van der Waals surface area contributed by atoms with E-state index in [4.69, 9.17) is 27.9 Å². The standard InChI is InChI=1S/C25H20Cl2FN5O3/c1-36-11-10-30-25(35)21-14-22(33(32-21)15-6-3-2-4-7-15)31-24(34)17-12-16(18(26)13-19(17)27)23-20(28)8-5-9-29-23/h2-9,12-14H,10-11H2,1H3,(H,30,35)(H,31,34). The molecule has 0 radical (unpaired) electrons. The van der Waals surface area contributed by atoms with Crippen molar-refractivity contribution in [3.8, 4) is 16.9 Å². The highest BCUT2D eigenvalue weighted by Crippen LogP contribution is 2.33. The lowest BCUT2D eigenvalue weighted by Crippen LogP contribution is -2.27. The number of hydrogen-bond donors (Lipinski definition) is 2. The summed E-state index contributed by atoms with van der Waals surface area (Å²) in [6.07, 6.45) is 1.42. The van der Waals surface area contributed by atoms with Gasteiger partial charge in [0, 0.05) is 31.5 Å². The number of nitrogens with one attached hydrogen (secondary N) is 2. The van der Waals surface area contributed by atoms with Gasteiger partial charge in [0.1, 0.15) is 17.3 Å². The van der Waals surface area contributed by atoms with Crippen molar-refractivity contribution in [1.29, 1.82) is 0 Å². The van der Waals surface area contributed by atoms with Crippen molar-refractivity contribution in [1.82, 2.24) is 20.1 Å². The zero-order valence-electron chi connectivity index (χ0n) is 19.0.